The van der Waals surface area contributed by atoms with Crippen LogP contribution < -0.4 is 10.6 Å². The Hall–Kier alpha value is -2.70. The predicted octanol–water partition coefficient (Wildman–Crippen LogP) is 1.26. The van der Waals surface area contributed by atoms with E-state index in [4.69, 9.17) is 4.52 Å². The molecule has 0 spiro atoms. The van der Waals surface area contributed by atoms with Crippen molar-refractivity contribution in [2.75, 3.05) is 0 Å². The van der Waals surface area contributed by atoms with Gasteiger partial charge in [0.15, 0.2) is 5.82 Å². The first-order valence-corrected chi connectivity index (χ1v) is 7.08. The van der Waals surface area contributed by atoms with Gasteiger partial charge in [0.25, 0.3) is 5.91 Å². The zero-order valence-corrected chi connectivity index (χ0v) is 12.1. The van der Waals surface area contributed by atoms with Crippen molar-refractivity contribution in [2.45, 2.75) is 32.4 Å². The normalized spacial score (nSPS) is 17.3. The molecule has 0 saturated carbocycles. The highest BCUT2D eigenvalue weighted by Gasteiger charge is 2.27. The second kappa shape index (κ2) is 5.97. The van der Waals surface area contributed by atoms with Crippen LogP contribution in [0.3, 0.4) is 0 Å². The lowest BCUT2D eigenvalue weighted by atomic mass is 10.1. The van der Waals surface area contributed by atoms with Gasteiger partial charge in [-0.1, -0.05) is 22.9 Å². The summed E-state index contributed by atoms with van der Waals surface area (Å²) in [5.74, 6) is 0.560. The van der Waals surface area contributed by atoms with E-state index in [1.807, 2.05) is 25.1 Å². The Bertz CT molecular complexity index is 710. The molecule has 7 heteroatoms. The Labute approximate surface area is 127 Å². The summed E-state index contributed by atoms with van der Waals surface area (Å²) in [7, 11) is 0. The highest BCUT2D eigenvalue weighted by Crippen LogP contribution is 2.21. The van der Waals surface area contributed by atoms with Crippen LogP contribution in [0.2, 0.25) is 0 Å². The Balaban J connectivity index is 1.59. The summed E-state index contributed by atoms with van der Waals surface area (Å²) in [6.45, 7) is 2.11. The average molecular weight is 300 g/mol. The van der Waals surface area contributed by atoms with Crippen LogP contribution in [0.25, 0.3) is 0 Å². The van der Waals surface area contributed by atoms with E-state index in [2.05, 4.69) is 20.8 Å². The van der Waals surface area contributed by atoms with Gasteiger partial charge in [-0.05, 0) is 25.5 Å². The first-order chi connectivity index (χ1) is 10.6. The fourth-order valence-corrected chi connectivity index (χ4v) is 2.33. The van der Waals surface area contributed by atoms with E-state index in [0.29, 0.717) is 30.1 Å². The minimum atomic E-state index is -0.221. The number of hydrogen-bond donors (Lipinski definition) is 2. The monoisotopic (exact) mass is 300 g/mol. The molecule has 114 valence electrons. The molecule has 2 amide bonds. The van der Waals surface area contributed by atoms with Gasteiger partial charge in [0.05, 0.1) is 6.54 Å². The number of rotatable bonds is 4. The van der Waals surface area contributed by atoms with Crippen molar-refractivity contribution in [3.05, 3.63) is 47.1 Å². The number of nitrogens with one attached hydrogen (secondary N) is 2. The molecule has 0 radical (unpaired) electrons. The number of amides is 2. The van der Waals surface area contributed by atoms with Crippen LogP contribution >= 0.6 is 0 Å². The quantitative estimate of drug-likeness (QED) is 0.886. The van der Waals surface area contributed by atoms with Crippen molar-refractivity contribution in [3.63, 3.8) is 0 Å². The Morgan fingerprint density at radius 3 is 3.09 bits per heavy atom. The minimum Gasteiger partial charge on any atom is -0.345 e. The highest BCUT2D eigenvalue weighted by atomic mass is 16.5. The van der Waals surface area contributed by atoms with E-state index in [9.17, 15) is 9.59 Å². The highest BCUT2D eigenvalue weighted by molar-refractivity contribution is 5.94. The van der Waals surface area contributed by atoms with E-state index in [1.54, 1.807) is 6.07 Å². The zero-order valence-electron chi connectivity index (χ0n) is 12.1. The van der Waals surface area contributed by atoms with Gasteiger partial charge in [-0.25, -0.2) is 0 Å². The number of hydrogen-bond acceptors (Lipinski definition) is 5. The minimum absolute atomic E-state index is 0.0162. The van der Waals surface area contributed by atoms with Crippen LogP contribution in [0, 0.1) is 6.92 Å². The summed E-state index contributed by atoms with van der Waals surface area (Å²) >= 11 is 0. The molecule has 1 aliphatic rings. The van der Waals surface area contributed by atoms with Crippen molar-refractivity contribution >= 4 is 11.8 Å². The van der Waals surface area contributed by atoms with E-state index in [1.165, 1.54) is 0 Å². The lowest BCUT2D eigenvalue weighted by molar-refractivity contribution is -0.119. The Kier molecular flexibility index (Phi) is 3.86. The molecular formula is C15H16N4O3. The molecule has 2 aromatic rings. The molecule has 2 N–H and O–H groups in total. The van der Waals surface area contributed by atoms with Gasteiger partial charge in [-0.3, -0.25) is 9.59 Å². The summed E-state index contributed by atoms with van der Waals surface area (Å²) < 4.78 is 5.13. The second-order valence-electron chi connectivity index (χ2n) is 5.26. The molecular weight excluding hydrogens is 284 g/mol. The number of benzene rings is 1. The number of aryl methyl sites for hydroxylation is 1. The molecule has 1 saturated heterocycles. The molecule has 0 aliphatic carbocycles. The molecule has 0 unspecified atom stereocenters. The average Bonchev–Trinajstić information content (AvgIpc) is 3.13. The fraction of sp³-hybridized carbons (Fsp3) is 0.333. The molecule has 1 atom stereocenters. The van der Waals surface area contributed by atoms with E-state index < -0.39 is 0 Å². The van der Waals surface area contributed by atoms with Gasteiger partial charge < -0.3 is 15.2 Å². The van der Waals surface area contributed by atoms with Gasteiger partial charge in [-0.15, -0.1) is 0 Å². The second-order valence-corrected chi connectivity index (χ2v) is 5.26. The third-order valence-corrected chi connectivity index (χ3v) is 3.46. The van der Waals surface area contributed by atoms with Crippen molar-refractivity contribution in [1.82, 2.24) is 20.8 Å². The van der Waals surface area contributed by atoms with Crippen molar-refractivity contribution < 1.29 is 14.1 Å². The summed E-state index contributed by atoms with van der Waals surface area (Å²) in [5.41, 5.74) is 1.61. The smallest absolute Gasteiger partial charge is 0.251 e. The van der Waals surface area contributed by atoms with Crippen LogP contribution in [-0.4, -0.2) is 22.0 Å². The zero-order chi connectivity index (χ0) is 15.5. The predicted molar refractivity (Wildman–Crippen MR) is 76.8 cm³/mol. The van der Waals surface area contributed by atoms with Crippen molar-refractivity contribution in [2.24, 2.45) is 0 Å². The van der Waals surface area contributed by atoms with Crippen LogP contribution in [0.4, 0.5) is 0 Å². The van der Waals surface area contributed by atoms with Gasteiger partial charge in [0.1, 0.15) is 6.04 Å². The lowest BCUT2D eigenvalue weighted by Crippen LogP contribution is -2.23. The maximum absolute atomic E-state index is 12.0. The maximum Gasteiger partial charge on any atom is 0.251 e. The third-order valence-electron chi connectivity index (χ3n) is 3.46. The third kappa shape index (κ3) is 3.13. The van der Waals surface area contributed by atoms with Crippen LogP contribution in [-0.2, 0) is 11.3 Å². The first-order valence-electron chi connectivity index (χ1n) is 7.08. The Morgan fingerprint density at radius 1 is 1.50 bits per heavy atom. The SMILES string of the molecule is Cc1cccc(C(=O)NCc2noc([C@@H]3CCC(=O)N3)n2)c1. The summed E-state index contributed by atoms with van der Waals surface area (Å²) in [6, 6.07) is 7.10. The van der Waals surface area contributed by atoms with Crippen molar-refractivity contribution in [1.29, 1.82) is 0 Å². The van der Waals surface area contributed by atoms with E-state index in [-0.39, 0.29) is 24.4 Å². The van der Waals surface area contributed by atoms with Crippen LogP contribution in [0.5, 0.6) is 0 Å². The topological polar surface area (TPSA) is 97.1 Å². The molecule has 1 aromatic carbocycles. The summed E-state index contributed by atoms with van der Waals surface area (Å²) in [5, 5.41) is 9.32. The maximum atomic E-state index is 12.0. The van der Waals surface area contributed by atoms with E-state index in [0.717, 1.165) is 5.56 Å². The number of nitrogens with zero attached hydrogens (tertiary/aromatic N) is 2. The number of aromatic nitrogens is 2. The standard InChI is InChI=1S/C15H16N4O3/c1-9-3-2-4-10(7-9)14(21)16-8-12-18-15(22-19-12)11-5-6-13(20)17-11/h2-4,7,11H,5-6,8H2,1H3,(H,16,21)(H,17,20)/t11-/m0/s1. The van der Waals surface area contributed by atoms with E-state index >= 15 is 0 Å². The molecule has 2 heterocycles. The molecule has 3 rings (SSSR count). The van der Waals surface area contributed by atoms with Crippen LogP contribution in [0.15, 0.2) is 28.8 Å². The van der Waals surface area contributed by atoms with Gasteiger partial charge in [0.2, 0.25) is 11.8 Å². The molecule has 1 aromatic heterocycles. The molecule has 7 nitrogen and oxygen atoms in total. The van der Waals surface area contributed by atoms with Crippen LogP contribution in [0.1, 0.15) is 46.5 Å². The van der Waals surface area contributed by atoms with Gasteiger partial charge in [-0.2, -0.15) is 4.98 Å². The van der Waals surface area contributed by atoms with Gasteiger partial charge >= 0.3 is 0 Å². The largest absolute Gasteiger partial charge is 0.345 e. The fourth-order valence-electron chi connectivity index (χ4n) is 2.33. The molecule has 1 fully saturated rings. The lowest BCUT2D eigenvalue weighted by Gasteiger charge is -2.03. The number of carbonyl (C=O) groups excluding carboxylic acids is 2. The molecule has 1 aliphatic heterocycles. The van der Waals surface area contributed by atoms with Crippen molar-refractivity contribution in [3.8, 4) is 0 Å². The molecule has 0 bridgehead atoms. The van der Waals surface area contributed by atoms with Gasteiger partial charge in [0, 0.05) is 12.0 Å². The first kappa shape index (κ1) is 14.2. The summed E-state index contributed by atoms with van der Waals surface area (Å²) in [6.07, 6.45) is 1.11. The number of carbonyl (C=O) groups is 2. The Morgan fingerprint density at radius 2 is 2.36 bits per heavy atom. The summed E-state index contributed by atoms with van der Waals surface area (Å²) in [4.78, 5) is 27.4. The molecule has 22 heavy (non-hydrogen) atoms.